The van der Waals surface area contributed by atoms with Crippen LogP contribution < -0.4 is 15.5 Å². The molecule has 0 fully saturated rings. The van der Waals surface area contributed by atoms with Crippen molar-refractivity contribution in [2.24, 2.45) is 5.10 Å². The van der Waals surface area contributed by atoms with Crippen molar-refractivity contribution in [3.63, 3.8) is 0 Å². The number of hydrogen-bond acceptors (Lipinski definition) is 7. The number of nitrogens with one attached hydrogen (secondary N) is 2. The van der Waals surface area contributed by atoms with Gasteiger partial charge in [-0.25, -0.2) is 10.2 Å². The quantitative estimate of drug-likeness (QED) is 0.153. The molecule has 0 saturated heterocycles. The molecule has 35 heavy (non-hydrogen) atoms. The molecular weight excluding hydrogens is 499 g/mol. The van der Waals surface area contributed by atoms with Gasteiger partial charge in [0, 0.05) is 33.3 Å². The molecule has 0 aromatic heterocycles. The van der Waals surface area contributed by atoms with Crippen LogP contribution in [0.4, 0.5) is 5.69 Å². The van der Waals surface area contributed by atoms with Crippen molar-refractivity contribution in [1.29, 1.82) is 0 Å². The summed E-state index contributed by atoms with van der Waals surface area (Å²) in [5, 5.41) is 17.8. The maximum atomic E-state index is 12.4. The molecule has 0 radical (unpaired) electrons. The molecule has 10 nitrogen and oxygen atoms in total. The summed E-state index contributed by atoms with van der Waals surface area (Å²) in [5.74, 6) is -1.73. The Morgan fingerprint density at radius 2 is 1.57 bits per heavy atom. The second-order valence-electron chi connectivity index (χ2n) is 6.86. The molecule has 2 N–H and O–H groups in total. The lowest BCUT2D eigenvalue weighted by Gasteiger charge is -2.08. The summed E-state index contributed by atoms with van der Waals surface area (Å²) in [4.78, 5) is 46.6. The Morgan fingerprint density at radius 1 is 0.943 bits per heavy atom. The van der Waals surface area contributed by atoms with E-state index in [4.69, 9.17) is 27.9 Å². The number of non-ortho nitro benzene ring substituents is 1. The van der Waals surface area contributed by atoms with E-state index in [0.717, 1.165) is 0 Å². The first-order valence-electron chi connectivity index (χ1n) is 9.85. The van der Waals surface area contributed by atoms with E-state index < -0.39 is 22.7 Å². The zero-order valence-electron chi connectivity index (χ0n) is 17.7. The normalized spacial score (nSPS) is 10.6. The van der Waals surface area contributed by atoms with Crippen molar-refractivity contribution in [3.8, 4) is 5.75 Å². The van der Waals surface area contributed by atoms with Gasteiger partial charge in [0.1, 0.15) is 5.75 Å². The van der Waals surface area contributed by atoms with Crippen LogP contribution in [0.2, 0.25) is 10.0 Å². The SMILES string of the molecule is O=C(CNC(=O)c1ccc(Cl)cc1)N/N=C/c1cc(Cl)ccc1OC(=O)c1ccc([N+](=O)[O-])cc1. The molecule has 0 spiro atoms. The minimum Gasteiger partial charge on any atom is -0.422 e. The fraction of sp³-hybridized carbons (Fsp3) is 0.0435. The van der Waals surface area contributed by atoms with Crippen molar-refractivity contribution in [1.82, 2.24) is 10.7 Å². The monoisotopic (exact) mass is 514 g/mol. The van der Waals surface area contributed by atoms with E-state index in [0.29, 0.717) is 15.6 Å². The number of esters is 1. The van der Waals surface area contributed by atoms with Crippen molar-refractivity contribution >= 4 is 52.9 Å². The molecule has 0 unspecified atom stereocenters. The lowest BCUT2D eigenvalue weighted by molar-refractivity contribution is -0.384. The van der Waals surface area contributed by atoms with Crippen molar-refractivity contribution in [2.45, 2.75) is 0 Å². The second-order valence-corrected chi connectivity index (χ2v) is 7.73. The topological polar surface area (TPSA) is 140 Å². The Kier molecular flexibility index (Phi) is 8.49. The van der Waals surface area contributed by atoms with Gasteiger partial charge in [-0.1, -0.05) is 23.2 Å². The van der Waals surface area contributed by atoms with E-state index in [9.17, 15) is 24.5 Å². The van der Waals surface area contributed by atoms with E-state index in [2.05, 4.69) is 15.8 Å². The van der Waals surface area contributed by atoms with Crippen LogP contribution in [0.5, 0.6) is 5.75 Å². The van der Waals surface area contributed by atoms with Gasteiger partial charge in [-0.15, -0.1) is 0 Å². The lowest BCUT2D eigenvalue weighted by atomic mass is 10.2. The first-order chi connectivity index (χ1) is 16.7. The Bertz CT molecular complexity index is 1290. The number of hydrogen-bond donors (Lipinski definition) is 2. The first kappa shape index (κ1) is 25.3. The number of carbonyl (C=O) groups excluding carboxylic acids is 3. The third-order valence-electron chi connectivity index (χ3n) is 4.40. The summed E-state index contributed by atoms with van der Waals surface area (Å²) in [7, 11) is 0. The number of rotatable bonds is 8. The van der Waals surface area contributed by atoms with Crippen molar-refractivity contribution < 1.29 is 24.0 Å². The minimum absolute atomic E-state index is 0.0896. The van der Waals surface area contributed by atoms with Gasteiger partial charge in [-0.3, -0.25) is 19.7 Å². The smallest absolute Gasteiger partial charge is 0.343 e. The van der Waals surface area contributed by atoms with Crippen LogP contribution in [-0.2, 0) is 4.79 Å². The molecule has 3 aromatic carbocycles. The highest BCUT2D eigenvalue weighted by Crippen LogP contribution is 2.23. The standard InChI is InChI=1S/C23H16Cl2N4O6/c24-17-5-1-14(2-6-17)22(31)26-13-21(30)28-27-12-16-11-18(25)7-10-20(16)35-23(32)15-3-8-19(9-4-15)29(33)34/h1-12H,13H2,(H,26,31)(H,28,30)/b27-12+. The van der Waals surface area contributed by atoms with E-state index in [-0.39, 0.29) is 29.1 Å². The van der Waals surface area contributed by atoms with Crippen molar-refractivity contribution in [3.05, 3.63) is 104 Å². The fourth-order valence-electron chi connectivity index (χ4n) is 2.67. The van der Waals surface area contributed by atoms with Crippen LogP contribution in [0, 0.1) is 10.1 Å². The van der Waals surface area contributed by atoms with Crippen LogP contribution in [-0.4, -0.2) is 35.5 Å². The molecular formula is C23H16Cl2N4O6. The summed E-state index contributed by atoms with van der Waals surface area (Å²) >= 11 is 11.8. The van der Waals surface area contributed by atoms with Crippen LogP contribution >= 0.6 is 23.2 Å². The summed E-state index contributed by atoms with van der Waals surface area (Å²) in [6.07, 6.45) is 1.21. The summed E-state index contributed by atoms with van der Waals surface area (Å²) < 4.78 is 5.34. The minimum atomic E-state index is -0.759. The van der Waals surface area contributed by atoms with Crippen LogP contribution in [0.25, 0.3) is 0 Å². The van der Waals surface area contributed by atoms with E-state index in [1.165, 1.54) is 60.8 Å². The molecule has 2 amide bonds. The Hall–Kier alpha value is -4.28. The van der Waals surface area contributed by atoms with Gasteiger partial charge >= 0.3 is 5.97 Å². The number of halogens is 2. The fourth-order valence-corrected chi connectivity index (χ4v) is 2.97. The van der Waals surface area contributed by atoms with E-state index in [1.54, 1.807) is 12.1 Å². The predicted molar refractivity (Wildman–Crippen MR) is 129 cm³/mol. The highest BCUT2D eigenvalue weighted by atomic mass is 35.5. The van der Waals surface area contributed by atoms with Crippen LogP contribution in [0.15, 0.2) is 71.8 Å². The van der Waals surface area contributed by atoms with Gasteiger partial charge in [0.05, 0.1) is 23.2 Å². The zero-order valence-corrected chi connectivity index (χ0v) is 19.2. The number of amides is 2. The maximum absolute atomic E-state index is 12.4. The van der Waals surface area contributed by atoms with Gasteiger partial charge in [-0.2, -0.15) is 5.10 Å². The average molecular weight is 515 g/mol. The molecule has 0 aliphatic heterocycles. The highest BCUT2D eigenvalue weighted by Gasteiger charge is 2.14. The molecule has 0 aliphatic rings. The second kappa shape index (κ2) is 11.7. The molecule has 0 bridgehead atoms. The molecule has 0 aliphatic carbocycles. The average Bonchev–Trinajstić information content (AvgIpc) is 2.84. The zero-order chi connectivity index (χ0) is 25.4. The number of ether oxygens (including phenoxy) is 1. The number of nitro groups is 1. The summed E-state index contributed by atoms with van der Waals surface area (Å²) in [6, 6.07) is 15.4. The first-order valence-corrected chi connectivity index (χ1v) is 10.6. The summed E-state index contributed by atoms with van der Waals surface area (Å²) in [6.45, 7) is -0.337. The maximum Gasteiger partial charge on any atom is 0.343 e. The lowest BCUT2D eigenvalue weighted by Crippen LogP contribution is -2.34. The molecule has 178 valence electrons. The van der Waals surface area contributed by atoms with Crippen LogP contribution in [0.1, 0.15) is 26.3 Å². The number of nitro benzene ring substituents is 1. The van der Waals surface area contributed by atoms with E-state index in [1.807, 2.05) is 0 Å². The Morgan fingerprint density at radius 3 is 2.23 bits per heavy atom. The van der Waals surface area contributed by atoms with Gasteiger partial charge in [0.15, 0.2) is 0 Å². The van der Waals surface area contributed by atoms with Gasteiger partial charge < -0.3 is 10.1 Å². The number of benzene rings is 3. The third-order valence-corrected chi connectivity index (χ3v) is 4.88. The van der Waals surface area contributed by atoms with Crippen LogP contribution in [0.3, 0.4) is 0 Å². The largest absolute Gasteiger partial charge is 0.422 e. The molecule has 0 heterocycles. The predicted octanol–water partition coefficient (Wildman–Crippen LogP) is 4.00. The van der Waals surface area contributed by atoms with E-state index >= 15 is 0 Å². The van der Waals surface area contributed by atoms with Gasteiger partial charge in [0.25, 0.3) is 17.5 Å². The molecule has 0 atom stereocenters. The Labute approximate surface area is 208 Å². The molecule has 0 saturated carbocycles. The van der Waals surface area contributed by atoms with Gasteiger partial charge in [-0.05, 0) is 54.6 Å². The number of nitrogens with zero attached hydrogens (tertiary/aromatic N) is 2. The molecule has 3 aromatic rings. The molecule has 3 rings (SSSR count). The highest BCUT2D eigenvalue weighted by molar-refractivity contribution is 6.31. The van der Waals surface area contributed by atoms with Crippen molar-refractivity contribution in [2.75, 3.05) is 6.54 Å². The number of carbonyl (C=O) groups is 3. The summed E-state index contributed by atoms with van der Waals surface area (Å²) in [5.41, 5.74) is 2.79. The third kappa shape index (κ3) is 7.36. The van der Waals surface area contributed by atoms with Gasteiger partial charge in [0.2, 0.25) is 0 Å². The molecule has 12 heteroatoms. The Balaban J connectivity index is 1.59. The number of hydrazone groups is 1.